The number of nitrogens with one attached hydrogen (secondary N) is 2. The van der Waals surface area contributed by atoms with Gasteiger partial charge in [0.2, 0.25) is 10.0 Å². The van der Waals surface area contributed by atoms with Crippen LogP contribution in [0.3, 0.4) is 0 Å². The van der Waals surface area contributed by atoms with Gasteiger partial charge in [0.15, 0.2) is 0 Å². The lowest BCUT2D eigenvalue weighted by atomic mass is 9.87. The second kappa shape index (κ2) is 9.00. The van der Waals surface area contributed by atoms with E-state index in [1.165, 1.54) is 12.8 Å². The normalized spacial score (nSPS) is 14.8. The minimum atomic E-state index is -3.23. The molecule has 122 valence electrons. The Morgan fingerprint density at radius 3 is 2.20 bits per heavy atom. The van der Waals surface area contributed by atoms with Crippen LogP contribution in [0.4, 0.5) is 0 Å². The number of unbranched alkanes of at least 4 members (excludes halogenated alkanes) is 2. The Morgan fingerprint density at radius 1 is 1.10 bits per heavy atom. The summed E-state index contributed by atoms with van der Waals surface area (Å²) < 4.78 is 27.1. The Bertz CT molecular complexity index is 351. The molecule has 0 saturated heterocycles. The smallest absolute Gasteiger partial charge is 0.215 e. The average molecular weight is 307 g/mol. The minimum Gasteiger partial charge on any atom is -0.313 e. The molecule has 5 heteroatoms. The van der Waals surface area contributed by atoms with E-state index in [2.05, 4.69) is 30.8 Å². The van der Waals surface area contributed by atoms with Crippen LogP contribution in [0.1, 0.15) is 67.2 Å². The number of hydrogen-bond acceptors (Lipinski definition) is 3. The van der Waals surface area contributed by atoms with E-state index in [1.54, 1.807) is 6.92 Å². The molecule has 0 spiro atoms. The van der Waals surface area contributed by atoms with Crippen LogP contribution in [-0.4, -0.2) is 32.8 Å². The maximum Gasteiger partial charge on any atom is 0.215 e. The van der Waals surface area contributed by atoms with Crippen LogP contribution >= 0.6 is 0 Å². The first-order valence-electron chi connectivity index (χ1n) is 7.82. The van der Waals surface area contributed by atoms with Crippen molar-refractivity contribution in [1.82, 2.24) is 10.0 Å². The Labute approximate surface area is 126 Å². The molecule has 0 saturated carbocycles. The highest BCUT2D eigenvalue weighted by Crippen LogP contribution is 2.23. The molecule has 0 aliphatic carbocycles. The van der Waals surface area contributed by atoms with Gasteiger partial charge in [0, 0.05) is 19.1 Å². The second-order valence-corrected chi connectivity index (χ2v) is 9.04. The first kappa shape index (κ1) is 19.9. The molecular formula is C15H34N2O2S. The summed E-state index contributed by atoms with van der Waals surface area (Å²) in [6, 6.07) is 0.304. The van der Waals surface area contributed by atoms with Crippen molar-refractivity contribution < 1.29 is 8.42 Å². The fraction of sp³-hybridized carbons (Fsp3) is 1.00. The third-order valence-electron chi connectivity index (χ3n) is 3.55. The van der Waals surface area contributed by atoms with E-state index in [9.17, 15) is 8.42 Å². The van der Waals surface area contributed by atoms with E-state index in [1.807, 2.05) is 13.8 Å². The minimum absolute atomic E-state index is 0.0213. The predicted octanol–water partition coefficient (Wildman–Crippen LogP) is 2.90. The monoisotopic (exact) mass is 306 g/mol. The van der Waals surface area contributed by atoms with Crippen LogP contribution in [0.2, 0.25) is 0 Å². The molecule has 1 unspecified atom stereocenters. The van der Waals surface area contributed by atoms with Gasteiger partial charge in [0.1, 0.15) is 0 Å². The molecule has 0 heterocycles. The molecule has 4 nitrogen and oxygen atoms in total. The van der Waals surface area contributed by atoms with Crippen LogP contribution in [-0.2, 0) is 10.0 Å². The average Bonchev–Trinajstić information content (AvgIpc) is 2.34. The third kappa shape index (κ3) is 8.93. The largest absolute Gasteiger partial charge is 0.313 e. The summed E-state index contributed by atoms with van der Waals surface area (Å²) in [5, 5.41) is 2.77. The lowest BCUT2D eigenvalue weighted by Crippen LogP contribution is -2.43. The predicted molar refractivity (Wildman–Crippen MR) is 87.4 cm³/mol. The molecule has 0 fully saturated rings. The van der Waals surface area contributed by atoms with Gasteiger partial charge in [-0.2, -0.15) is 0 Å². The van der Waals surface area contributed by atoms with Gasteiger partial charge < -0.3 is 5.32 Å². The maximum atomic E-state index is 12.2. The van der Waals surface area contributed by atoms with Crippen LogP contribution in [0, 0.1) is 5.41 Å². The zero-order chi connectivity index (χ0) is 15.8. The fourth-order valence-electron chi connectivity index (χ4n) is 1.89. The number of sulfonamides is 1. The van der Waals surface area contributed by atoms with Gasteiger partial charge in [-0.3, -0.25) is 0 Å². The quantitative estimate of drug-likeness (QED) is 0.577. The topological polar surface area (TPSA) is 58.2 Å². The standard InChI is InChI=1S/C15H34N2O2S/c1-7-8-9-10-15(5,6)12-17-20(18,19)14(4)11-16-13(2)3/h13-14,16-17H,7-12H2,1-6H3. The van der Waals surface area contributed by atoms with E-state index in [4.69, 9.17) is 0 Å². The van der Waals surface area contributed by atoms with Crippen LogP contribution in [0.15, 0.2) is 0 Å². The summed E-state index contributed by atoms with van der Waals surface area (Å²) in [4.78, 5) is 0. The Morgan fingerprint density at radius 2 is 1.70 bits per heavy atom. The zero-order valence-corrected chi connectivity index (χ0v) is 14.9. The molecule has 1 atom stereocenters. The molecule has 0 bridgehead atoms. The van der Waals surface area contributed by atoms with Crippen molar-refractivity contribution in [2.45, 2.75) is 78.5 Å². The highest BCUT2D eigenvalue weighted by molar-refractivity contribution is 7.90. The van der Waals surface area contributed by atoms with Crippen LogP contribution in [0.25, 0.3) is 0 Å². The van der Waals surface area contributed by atoms with Crippen molar-refractivity contribution in [2.24, 2.45) is 5.41 Å². The third-order valence-corrected chi connectivity index (χ3v) is 5.33. The first-order valence-corrected chi connectivity index (χ1v) is 9.37. The van der Waals surface area contributed by atoms with Gasteiger partial charge >= 0.3 is 0 Å². The molecule has 0 aromatic carbocycles. The molecule has 0 rings (SSSR count). The molecule has 20 heavy (non-hydrogen) atoms. The van der Waals surface area contributed by atoms with E-state index in [0.717, 1.165) is 12.8 Å². The van der Waals surface area contributed by atoms with Gasteiger partial charge in [0.25, 0.3) is 0 Å². The molecular weight excluding hydrogens is 272 g/mol. The highest BCUT2D eigenvalue weighted by atomic mass is 32.2. The SMILES string of the molecule is CCCCCC(C)(C)CNS(=O)(=O)C(C)CNC(C)C. The Kier molecular flexibility index (Phi) is 8.95. The van der Waals surface area contributed by atoms with Gasteiger partial charge in [-0.15, -0.1) is 0 Å². The molecule has 2 N–H and O–H groups in total. The molecule has 0 radical (unpaired) electrons. The van der Waals surface area contributed by atoms with Gasteiger partial charge in [-0.25, -0.2) is 13.1 Å². The van der Waals surface area contributed by atoms with Crippen molar-refractivity contribution in [2.75, 3.05) is 13.1 Å². The van der Waals surface area contributed by atoms with E-state index in [-0.39, 0.29) is 5.41 Å². The Hall–Kier alpha value is -0.130. The van der Waals surface area contributed by atoms with Crippen LogP contribution in [0.5, 0.6) is 0 Å². The van der Waals surface area contributed by atoms with Gasteiger partial charge in [-0.1, -0.05) is 53.9 Å². The lowest BCUT2D eigenvalue weighted by molar-refractivity contribution is 0.320. The molecule has 0 aliphatic rings. The molecule has 0 aliphatic heterocycles. The summed E-state index contributed by atoms with van der Waals surface area (Å²) in [5.74, 6) is 0. The summed E-state index contributed by atoms with van der Waals surface area (Å²) in [6.07, 6.45) is 4.63. The number of hydrogen-bond donors (Lipinski definition) is 2. The first-order chi connectivity index (χ1) is 9.10. The van der Waals surface area contributed by atoms with Crippen molar-refractivity contribution in [1.29, 1.82) is 0 Å². The molecule has 0 aromatic heterocycles. The zero-order valence-electron chi connectivity index (χ0n) is 14.1. The number of rotatable bonds is 11. The van der Waals surface area contributed by atoms with Crippen molar-refractivity contribution in [3.8, 4) is 0 Å². The Balaban J connectivity index is 4.25. The maximum absolute atomic E-state index is 12.2. The summed E-state index contributed by atoms with van der Waals surface area (Å²) in [6.45, 7) is 13.2. The van der Waals surface area contributed by atoms with E-state index < -0.39 is 15.3 Å². The van der Waals surface area contributed by atoms with Crippen molar-refractivity contribution in [3.05, 3.63) is 0 Å². The van der Waals surface area contributed by atoms with E-state index >= 15 is 0 Å². The highest BCUT2D eigenvalue weighted by Gasteiger charge is 2.24. The summed E-state index contributed by atoms with van der Waals surface area (Å²) in [7, 11) is -3.23. The van der Waals surface area contributed by atoms with Crippen molar-refractivity contribution in [3.63, 3.8) is 0 Å². The summed E-state index contributed by atoms with van der Waals surface area (Å²) >= 11 is 0. The second-order valence-electron chi connectivity index (χ2n) is 6.86. The van der Waals surface area contributed by atoms with Crippen molar-refractivity contribution >= 4 is 10.0 Å². The molecule has 0 amide bonds. The van der Waals surface area contributed by atoms with Gasteiger partial charge in [-0.05, 0) is 18.8 Å². The molecule has 0 aromatic rings. The summed E-state index contributed by atoms with van der Waals surface area (Å²) in [5.41, 5.74) is 0.0213. The van der Waals surface area contributed by atoms with Crippen LogP contribution < -0.4 is 10.0 Å². The van der Waals surface area contributed by atoms with E-state index in [0.29, 0.717) is 19.1 Å². The van der Waals surface area contributed by atoms with Gasteiger partial charge in [0.05, 0.1) is 5.25 Å². The lowest BCUT2D eigenvalue weighted by Gasteiger charge is -2.26. The fourth-order valence-corrected chi connectivity index (χ4v) is 3.08.